The first kappa shape index (κ1) is 36.0. The number of hydrogen-bond acceptors (Lipinski definition) is 9. The molecular weight excluding hydrogens is 703 g/mol. The van der Waals surface area contributed by atoms with Crippen molar-refractivity contribution in [1.29, 1.82) is 0 Å². The van der Waals surface area contributed by atoms with Crippen LogP contribution >= 0.6 is 23.2 Å². The van der Waals surface area contributed by atoms with E-state index in [2.05, 4.69) is 16.0 Å². The second-order valence-electron chi connectivity index (χ2n) is 13.2. The van der Waals surface area contributed by atoms with Crippen LogP contribution in [0.5, 0.6) is 5.88 Å². The Morgan fingerprint density at radius 1 is 0.981 bits per heavy atom. The Labute approximate surface area is 311 Å². The molecule has 0 bridgehead atoms. The normalized spacial score (nSPS) is 18.9. The second-order valence-corrected chi connectivity index (χ2v) is 13.9. The van der Waals surface area contributed by atoms with Gasteiger partial charge in [-0.3, -0.25) is 14.0 Å². The largest absolute Gasteiger partial charge is 0.481 e. The highest BCUT2D eigenvalue weighted by molar-refractivity contribution is 6.39. The van der Waals surface area contributed by atoms with E-state index >= 15 is 0 Å². The minimum absolute atomic E-state index is 0.0615. The molecule has 0 spiro atoms. The maximum Gasteiger partial charge on any atom is 0.262 e. The summed E-state index contributed by atoms with van der Waals surface area (Å²) in [6.45, 7) is 4.18. The first-order valence-electron chi connectivity index (χ1n) is 17.3. The highest BCUT2D eigenvalue weighted by Gasteiger charge is 2.24. The van der Waals surface area contributed by atoms with E-state index in [9.17, 15) is 14.7 Å². The van der Waals surface area contributed by atoms with Crippen LogP contribution in [0.4, 0.5) is 0 Å². The maximum absolute atomic E-state index is 13.5. The van der Waals surface area contributed by atoms with Crippen molar-refractivity contribution in [2.45, 2.75) is 57.5 Å². The van der Waals surface area contributed by atoms with E-state index in [4.69, 9.17) is 42.6 Å². The lowest BCUT2D eigenvalue weighted by molar-refractivity contribution is -0.119. The summed E-state index contributed by atoms with van der Waals surface area (Å²) in [7, 11) is 1.58. The van der Waals surface area contributed by atoms with E-state index in [1.54, 1.807) is 17.7 Å². The smallest absolute Gasteiger partial charge is 0.262 e. The number of nitrogens with one attached hydrogen (secondary N) is 3. The lowest BCUT2D eigenvalue weighted by atomic mass is 9.97. The van der Waals surface area contributed by atoms with Crippen LogP contribution in [0.1, 0.15) is 36.1 Å². The molecule has 2 fully saturated rings. The first-order chi connectivity index (χ1) is 25.2. The zero-order valence-electron chi connectivity index (χ0n) is 28.9. The summed E-state index contributed by atoms with van der Waals surface area (Å²) >= 11 is 14.2. The Kier molecular flexibility index (Phi) is 10.9. The average Bonchev–Trinajstić information content (AvgIpc) is 3.57. The van der Waals surface area contributed by atoms with E-state index in [0.29, 0.717) is 77.8 Å². The molecule has 3 atom stereocenters. The van der Waals surface area contributed by atoms with Crippen LogP contribution in [0.3, 0.4) is 0 Å². The summed E-state index contributed by atoms with van der Waals surface area (Å²) in [6.07, 6.45) is 3.20. The van der Waals surface area contributed by atoms with Gasteiger partial charge in [0.15, 0.2) is 0 Å². The first-order valence-corrected chi connectivity index (χ1v) is 18.1. The molecule has 2 aromatic carbocycles. The van der Waals surface area contributed by atoms with Gasteiger partial charge >= 0.3 is 0 Å². The number of benzene rings is 2. The Bertz CT molecular complexity index is 2190. The Morgan fingerprint density at radius 2 is 1.73 bits per heavy atom. The third kappa shape index (κ3) is 7.43. The highest BCUT2D eigenvalue weighted by Crippen LogP contribution is 2.42. The molecule has 52 heavy (non-hydrogen) atoms. The van der Waals surface area contributed by atoms with Crippen molar-refractivity contribution in [1.82, 2.24) is 30.3 Å². The van der Waals surface area contributed by atoms with Gasteiger partial charge < -0.3 is 30.5 Å². The molecule has 0 saturated carbocycles. The number of aliphatic hydroxyl groups is 1. The number of nitrogens with zero attached hydrogens (tertiary/aromatic N) is 3. The predicted octanol–water partition coefficient (Wildman–Crippen LogP) is 5.32. The topological polar surface area (TPSA) is 139 Å². The van der Waals surface area contributed by atoms with Crippen LogP contribution in [0.15, 0.2) is 71.7 Å². The zero-order valence-corrected chi connectivity index (χ0v) is 30.4. The van der Waals surface area contributed by atoms with Gasteiger partial charge in [-0.2, -0.15) is 0 Å². The van der Waals surface area contributed by atoms with E-state index in [1.807, 2.05) is 67.6 Å². The van der Waals surface area contributed by atoms with Crippen molar-refractivity contribution in [3.05, 3.63) is 104 Å². The number of ether oxygens (including phenoxy) is 2. The van der Waals surface area contributed by atoms with Crippen molar-refractivity contribution < 1.29 is 19.4 Å². The number of aryl methyl sites for hydroxylation is 1. The van der Waals surface area contributed by atoms with Gasteiger partial charge in [-0.05, 0) is 43.5 Å². The molecule has 2 aliphatic heterocycles. The zero-order chi connectivity index (χ0) is 36.4. The number of aliphatic hydroxyl groups excluding tert-OH is 1. The van der Waals surface area contributed by atoms with Gasteiger partial charge in [0.1, 0.15) is 5.65 Å². The summed E-state index contributed by atoms with van der Waals surface area (Å²) in [4.78, 5) is 34.6. The molecule has 1 unspecified atom stereocenters. The molecule has 13 heteroatoms. The molecule has 2 aliphatic rings. The van der Waals surface area contributed by atoms with Gasteiger partial charge in [0, 0.05) is 84.5 Å². The third-order valence-corrected chi connectivity index (χ3v) is 10.6. The minimum Gasteiger partial charge on any atom is -0.481 e. The summed E-state index contributed by atoms with van der Waals surface area (Å²) in [5.41, 5.74) is 6.87. The van der Waals surface area contributed by atoms with Crippen molar-refractivity contribution >= 4 is 34.8 Å². The Balaban J connectivity index is 1.13. The fourth-order valence-corrected chi connectivity index (χ4v) is 7.55. The number of carbonyl (C=O) groups excluding carboxylic acids is 1. The number of hydrogen-bond donors (Lipinski definition) is 4. The van der Waals surface area contributed by atoms with E-state index in [1.165, 1.54) is 0 Å². The van der Waals surface area contributed by atoms with Gasteiger partial charge in [-0.1, -0.05) is 65.7 Å². The molecule has 11 nitrogen and oxygen atoms in total. The van der Waals surface area contributed by atoms with Crippen molar-refractivity contribution in [2.75, 3.05) is 26.9 Å². The number of amides is 1. The van der Waals surface area contributed by atoms with E-state index in [-0.39, 0.29) is 23.6 Å². The van der Waals surface area contributed by atoms with Gasteiger partial charge in [0.05, 0.1) is 41.1 Å². The maximum atomic E-state index is 13.5. The SMILES string of the molecule is COc1nc(-c2cccc(-c3cccc(-c4ccn5c(=O)c(CNC[C@@H]6CCC(=O)N6)c(C)nc5c4)c3Cl)c2Cl)ccc1CNC1CCOC[C@@H]1O. The molecule has 0 radical (unpaired) electrons. The molecule has 1 amide bonds. The molecule has 2 saturated heterocycles. The van der Waals surface area contributed by atoms with Gasteiger partial charge in [0.25, 0.3) is 5.56 Å². The van der Waals surface area contributed by atoms with Crippen LogP contribution in [0.2, 0.25) is 10.0 Å². The summed E-state index contributed by atoms with van der Waals surface area (Å²) in [5, 5.41) is 20.9. The van der Waals surface area contributed by atoms with Gasteiger partial charge in [0.2, 0.25) is 11.8 Å². The lowest BCUT2D eigenvalue weighted by Gasteiger charge is -2.28. The fourth-order valence-electron chi connectivity index (χ4n) is 6.89. The summed E-state index contributed by atoms with van der Waals surface area (Å²) in [6, 6.07) is 19.1. The molecule has 270 valence electrons. The standard InChI is InChI=1S/C39H40Cl2N6O5/c1-22-30(20-42-19-25-10-12-35(49)45-25)39(50)47-15-13-23(17-34(47)44-22)26-5-3-6-27(36(26)40)28-7-4-8-29(37(28)41)31-11-9-24(38(46-31)51-2)18-43-32-14-16-52-21-33(32)48/h3-9,11,13,15,17,25,32-33,42-43,48H,10,12,14,16,18-21H2,1-2H3,(H,45,49)/t25-,32?,33-/m0/s1. The molecule has 7 rings (SSSR count). The minimum atomic E-state index is -0.563. The molecule has 3 aromatic heterocycles. The summed E-state index contributed by atoms with van der Waals surface area (Å²) in [5.74, 6) is 0.529. The quantitative estimate of drug-likeness (QED) is 0.142. The number of methoxy groups -OCH3 is 1. The second kappa shape index (κ2) is 15.7. The number of fused-ring (bicyclic) bond motifs is 1. The Morgan fingerprint density at radius 3 is 2.46 bits per heavy atom. The number of carbonyl (C=O) groups is 1. The fraction of sp³-hybridized carbons (Fsp3) is 0.333. The van der Waals surface area contributed by atoms with Crippen LogP contribution in [0.25, 0.3) is 39.2 Å². The Hall–Kier alpha value is -4.36. The predicted molar refractivity (Wildman–Crippen MR) is 202 cm³/mol. The molecule has 5 heterocycles. The van der Waals surface area contributed by atoms with E-state index in [0.717, 1.165) is 46.2 Å². The van der Waals surface area contributed by atoms with Crippen LogP contribution in [-0.4, -0.2) is 70.4 Å². The molecule has 4 N–H and O–H groups in total. The van der Waals surface area contributed by atoms with Crippen molar-refractivity contribution in [3.63, 3.8) is 0 Å². The monoisotopic (exact) mass is 742 g/mol. The molecule has 0 aliphatic carbocycles. The summed E-state index contributed by atoms with van der Waals surface area (Å²) < 4.78 is 12.5. The van der Waals surface area contributed by atoms with Crippen LogP contribution < -0.4 is 26.2 Å². The van der Waals surface area contributed by atoms with Gasteiger partial charge in [-0.15, -0.1) is 0 Å². The van der Waals surface area contributed by atoms with Crippen molar-refractivity contribution in [3.8, 4) is 39.4 Å². The lowest BCUT2D eigenvalue weighted by Crippen LogP contribution is -2.46. The highest BCUT2D eigenvalue weighted by atomic mass is 35.5. The third-order valence-electron chi connectivity index (χ3n) is 9.80. The number of rotatable bonds is 11. The number of pyridine rings is 2. The molecule has 5 aromatic rings. The number of halogens is 2. The van der Waals surface area contributed by atoms with Crippen LogP contribution in [-0.2, 0) is 22.6 Å². The van der Waals surface area contributed by atoms with E-state index < -0.39 is 6.10 Å². The van der Waals surface area contributed by atoms with Crippen molar-refractivity contribution in [2.24, 2.45) is 0 Å². The average molecular weight is 744 g/mol. The van der Waals surface area contributed by atoms with Gasteiger partial charge in [-0.25, -0.2) is 9.97 Å². The number of aromatic nitrogens is 3. The van der Waals surface area contributed by atoms with Crippen LogP contribution in [0, 0.1) is 6.92 Å². The molecular formula is C39H40Cl2N6O5.